The number of benzene rings is 8. The third-order valence-corrected chi connectivity index (χ3v) is 8.36. The Hall–Kier alpha value is -5.99. The monoisotopic (exact) mass is 617 g/mol. The molecule has 0 aliphatic heterocycles. The summed E-state index contributed by atoms with van der Waals surface area (Å²) in [6, 6.07) is 5.32. The van der Waals surface area contributed by atoms with Gasteiger partial charge in [-0.05, 0) is 84.6 Å². The summed E-state index contributed by atoms with van der Waals surface area (Å²) in [6.07, 6.45) is 0.579. The van der Waals surface area contributed by atoms with Crippen LogP contribution in [0.4, 0.5) is 0 Å². The van der Waals surface area contributed by atoms with Gasteiger partial charge in [0.25, 0.3) is 0 Å². The van der Waals surface area contributed by atoms with E-state index < -0.39 is 147 Å². The van der Waals surface area contributed by atoms with E-state index in [0.29, 0.717) is 17.2 Å². The molecule has 47 heavy (non-hydrogen) atoms. The van der Waals surface area contributed by atoms with Crippen LogP contribution in [0.2, 0.25) is 0 Å². The van der Waals surface area contributed by atoms with Gasteiger partial charge in [-0.1, -0.05) is 146 Å². The molecule has 0 amide bonds. The maximum atomic E-state index is 10.2. The largest absolute Gasteiger partial charge is 0.296 e. The maximum Gasteiger partial charge on any atom is 0.114 e. The molecule has 0 atom stereocenters. The molecule has 9 aromatic rings. The van der Waals surface area contributed by atoms with Crippen molar-refractivity contribution in [3.63, 3.8) is 0 Å². The molecule has 0 aliphatic rings. The van der Waals surface area contributed by atoms with Crippen LogP contribution in [0.3, 0.4) is 0 Å². The highest BCUT2D eigenvalue weighted by atomic mass is 15.1. The van der Waals surface area contributed by atoms with Gasteiger partial charge in [0.2, 0.25) is 0 Å². The van der Waals surface area contributed by atoms with Crippen molar-refractivity contribution < 1.29 is 23.3 Å². The SMILES string of the molecule is [2H]c1c([2H])c([2H])c(-c2c3c([2H])c([2H])c([2H])c([2H])c3c(-c3c([2H])c([2H])c([2H])c([2H])c3[2H])c3c([2H])c(-c4ccc(-n5c(CC)nc6ccccc65)c5ccccc45)c([2H])c([2H])c23)c([2H])c1[2H]. The molecule has 0 saturated carbocycles. The molecule has 0 aliphatic carbocycles. The van der Waals surface area contributed by atoms with E-state index >= 15 is 0 Å². The minimum Gasteiger partial charge on any atom is -0.296 e. The third kappa shape index (κ3) is 4.37. The average Bonchev–Trinajstić information content (AvgIpc) is 3.67. The van der Waals surface area contributed by atoms with E-state index in [1.54, 1.807) is 24.3 Å². The van der Waals surface area contributed by atoms with E-state index in [9.17, 15) is 6.85 Å². The van der Waals surface area contributed by atoms with Gasteiger partial charge in [0.1, 0.15) is 5.82 Å². The summed E-state index contributed by atoms with van der Waals surface area (Å²) in [7, 11) is 0. The molecule has 1 aromatic heterocycles. The lowest BCUT2D eigenvalue weighted by Crippen LogP contribution is -2.01. The first kappa shape index (κ1) is 15.1. The Labute approximate surface area is 298 Å². The van der Waals surface area contributed by atoms with Crippen LogP contribution < -0.4 is 0 Å². The van der Waals surface area contributed by atoms with E-state index in [4.69, 9.17) is 21.4 Å². The van der Waals surface area contributed by atoms with Gasteiger partial charge in [-0.3, -0.25) is 4.57 Å². The number of para-hydroxylation sites is 2. The van der Waals surface area contributed by atoms with Crippen molar-refractivity contribution in [1.82, 2.24) is 9.55 Å². The number of rotatable bonds is 5. The van der Waals surface area contributed by atoms with Gasteiger partial charge in [0, 0.05) is 11.8 Å². The molecular formula is C45H32N2. The molecule has 0 saturated heterocycles. The first-order chi connectivity index (χ1) is 30.4. The topological polar surface area (TPSA) is 17.8 Å². The Morgan fingerprint density at radius 3 is 1.83 bits per heavy atom. The fraction of sp³-hybridized carbons (Fsp3) is 0.0444. The Kier molecular flexibility index (Phi) is 3.56. The van der Waals surface area contributed by atoms with Crippen LogP contribution in [0.5, 0.6) is 0 Å². The molecule has 1 heterocycles. The van der Waals surface area contributed by atoms with Crippen molar-refractivity contribution in [1.29, 1.82) is 0 Å². The van der Waals surface area contributed by atoms with E-state index in [-0.39, 0.29) is 11.1 Å². The Morgan fingerprint density at radius 1 is 0.532 bits per heavy atom. The molecule has 0 N–H and O–H groups in total. The second-order valence-electron chi connectivity index (χ2n) is 10.9. The van der Waals surface area contributed by atoms with Gasteiger partial charge in [-0.25, -0.2) is 4.98 Å². The van der Waals surface area contributed by atoms with E-state index in [1.807, 2.05) is 47.9 Å². The second kappa shape index (κ2) is 11.1. The fourth-order valence-corrected chi connectivity index (χ4v) is 6.38. The number of aromatic nitrogens is 2. The quantitative estimate of drug-likeness (QED) is 0.176. The van der Waals surface area contributed by atoms with Gasteiger partial charge in [0.05, 0.1) is 40.0 Å². The number of nitrogens with zero attached hydrogens (tertiary/aromatic N) is 2. The molecule has 0 unspecified atom stereocenters. The molecule has 2 nitrogen and oxygen atoms in total. The summed E-state index contributed by atoms with van der Waals surface area (Å²) >= 11 is 0. The van der Waals surface area contributed by atoms with Gasteiger partial charge in [0.15, 0.2) is 0 Å². The molecule has 2 heteroatoms. The highest BCUT2D eigenvalue weighted by molar-refractivity contribution is 6.22. The Morgan fingerprint density at radius 2 is 1.13 bits per heavy atom. The van der Waals surface area contributed by atoms with Crippen molar-refractivity contribution in [2.24, 2.45) is 0 Å². The highest BCUT2D eigenvalue weighted by Gasteiger charge is 2.19. The standard InChI is InChI=1S/C45H32N2/c1-2-43-46-40-23-13-14-24-42(40)47(43)41-28-27-33(34-19-9-10-20-35(34)41)32-25-26-38-39(29-32)45(31-17-7-4-8-18-31)37-22-12-11-21-36(37)44(38)30-15-5-3-6-16-30/h3-29H,2H2,1H3/i3D,4D,5D,6D,7D,8D,11D,12D,15D,16D,17D,18D,21D,22D,25D,26D,29D. The molecule has 0 fully saturated rings. The van der Waals surface area contributed by atoms with Crippen molar-refractivity contribution >= 4 is 43.4 Å². The summed E-state index contributed by atoms with van der Waals surface area (Å²) in [5.41, 5.74) is 0.335. The molecule has 222 valence electrons. The molecule has 0 spiro atoms. The maximum absolute atomic E-state index is 10.2. The first-order valence-corrected chi connectivity index (χ1v) is 15.0. The Bertz CT molecular complexity index is 3520. The van der Waals surface area contributed by atoms with Crippen LogP contribution in [-0.2, 0) is 6.42 Å². The zero-order chi connectivity index (χ0) is 46.1. The van der Waals surface area contributed by atoms with Crippen molar-refractivity contribution in [2.75, 3.05) is 0 Å². The van der Waals surface area contributed by atoms with Gasteiger partial charge in [-0.2, -0.15) is 0 Å². The predicted octanol–water partition coefficient (Wildman–Crippen LogP) is 12.0. The summed E-state index contributed by atoms with van der Waals surface area (Å²) in [6.45, 7) is 1.98. The normalized spacial score (nSPS) is 16.7. The van der Waals surface area contributed by atoms with Gasteiger partial charge in [-0.15, -0.1) is 0 Å². The lowest BCUT2D eigenvalue weighted by atomic mass is 9.84. The van der Waals surface area contributed by atoms with E-state index in [2.05, 4.69) is 0 Å². The van der Waals surface area contributed by atoms with Crippen LogP contribution in [0.1, 0.15) is 36.1 Å². The minimum atomic E-state index is -0.818. The van der Waals surface area contributed by atoms with Crippen LogP contribution in [0, 0.1) is 0 Å². The van der Waals surface area contributed by atoms with Crippen LogP contribution in [-0.4, -0.2) is 9.55 Å². The summed E-state index contributed by atoms with van der Waals surface area (Å²) in [4.78, 5) is 4.84. The molecule has 8 aromatic carbocycles. The first-order valence-electron chi connectivity index (χ1n) is 23.5. The molecule has 9 rings (SSSR count). The fourth-order valence-electron chi connectivity index (χ4n) is 6.38. The van der Waals surface area contributed by atoms with Crippen LogP contribution in [0.25, 0.3) is 82.4 Å². The lowest BCUT2D eigenvalue weighted by Gasteiger charge is -2.19. The summed E-state index contributed by atoms with van der Waals surface area (Å²) in [5, 5.41) is -0.673. The molecular weight excluding hydrogens is 569 g/mol. The third-order valence-electron chi connectivity index (χ3n) is 8.36. The number of hydrogen-bond acceptors (Lipinski definition) is 1. The average molecular weight is 618 g/mol. The number of hydrogen-bond donors (Lipinski definition) is 0. The predicted molar refractivity (Wildman–Crippen MR) is 199 cm³/mol. The number of fused-ring (bicyclic) bond motifs is 4. The van der Waals surface area contributed by atoms with Crippen LogP contribution >= 0.6 is 0 Å². The summed E-state index contributed by atoms with van der Waals surface area (Å²) in [5.74, 6) is 0.764. The van der Waals surface area contributed by atoms with Crippen molar-refractivity contribution in [2.45, 2.75) is 13.3 Å². The zero-order valence-electron chi connectivity index (χ0n) is 41.9. The van der Waals surface area contributed by atoms with E-state index in [1.165, 1.54) is 0 Å². The van der Waals surface area contributed by atoms with Crippen molar-refractivity contribution in [3.8, 4) is 39.1 Å². The van der Waals surface area contributed by atoms with Gasteiger partial charge < -0.3 is 0 Å². The van der Waals surface area contributed by atoms with E-state index in [0.717, 1.165) is 22.5 Å². The Balaban J connectivity index is 1.57. The highest BCUT2D eigenvalue weighted by Crippen LogP contribution is 2.45. The zero-order valence-corrected chi connectivity index (χ0v) is 24.9. The van der Waals surface area contributed by atoms with Crippen molar-refractivity contribution in [3.05, 3.63) is 169 Å². The molecule has 0 bridgehead atoms. The lowest BCUT2D eigenvalue weighted by molar-refractivity contribution is 0.913. The minimum absolute atomic E-state index is 0.160. The van der Waals surface area contributed by atoms with Crippen LogP contribution in [0.15, 0.2) is 163 Å². The van der Waals surface area contributed by atoms with Gasteiger partial charge >= 0.3 is 0 Å². The molecule has 0 radical (unpaired) electrons. The number of imidazole rings is 1. The second-order valence-corrected chi connectivity index (χ2v) is 10.9. The number of aryl methyl sites for hydroxylation is 1. The smallest absolute Gasteiger partial charge is 0.114 e. The summed E-state index contributed by atoms with van der Waals surface area (Å²) < 4.78 is 155.